The van der Waals surface area contributed by atoms with Gasteiger partial charge in [0, 0.05) is 13.1 Å². The molecule has 0 aromatic rings. The summed E-state index contributed by atoms with van der Waals surface area (Å²) in [7, 11) is 0. The molecule has 94 valence electrons. The van der Waals surface area contributed by atoms with Crippen molar-refractivity contribution in [1.29, 1.82) is 0 Å². The first-order chi connectivity index (χ1) is 7.58. The maximum Gasteiger partial charge on any atom is 0.251 e. The minimum absolute atomic E-state index is 0.0943. The number of nitrogens with two attached hydrogens (primary N) is 1. The molecule has 0 aromatic carbocycles. The molecule has 5 nitrogen and oxygen atoms in total. The van der Waals surface area contributed by atoms with Crippen molar-refractivity contribution < 1.29 is 9.53 Å². The molecule has 0 bridgehead atoms. The molecule has 1 aliphatic rings. The summed E-state index contributed by atoms with van der Waals surface area (Å²) in [6.45, 7) is 7.73. The normalized spacial score (nSPS) is 28.8. The third-order valence-electron chi connectivity index (χ3n) is 2.90. The highest BCUT2D eigenvalue weighted by Gasteiger charge is 2.31. The van der Waals surface area contributed by atoms with Gasteiger partial charge in [-0.2, -0.15) is 0 Å². The van der Waals surface area contributed by atoms with Gasteiger partial charge in [0.15, 0.2) is 0 Å². The summed E-state index contributed by atoms with van der Waals surface area (Å²) in [5.41, 5.74) is 2.26. The highest BCUT2D eigenvalue weighted by molar-refractivity contribution is 5.81. The zero-order chi connectivity index (χ0) is 12.1. The molecular weight excluding hydrogens is 206 g/mol. The molecule has 5 heteroatoms. The number of carbonyl (C=O) groups is 1. The lowest BCUT2D eigenvalue weighted by molar-refractivity contribution is -0.133. The molecule has 1 saturated heterocycles. The van der Waals surface area contributed by atoms with Gasteiger partial charge in [0.1, 0.15) is 0 Å². The molecule has 0 spiro atoms. The summed E-state index contributed by atoms with van der Waals surface area (Å²) in [6.07, 6.45) is 2.16. The summed E-state index contributed by atoms with van der Waals surface area (Å²) in [4.78, 5) is 13.9. The van der Waals surface area contributed by atoms with Crippen LogP contribution in [0, 0.1) is 0 Å². The van der Waals surface area contributed by atoms with Gasteiger partial charge in [0.05, 0.1) is 18.2 Å². The molecule has 0 saturated carbocycles. The Kier molecular flexibility index (Phi) is 5.18. The third kappa shape index (κ3) is 3.43. The average Bonchev–Trinajstić information content (AvgIpc) is 2.23. The lowest BCUT2D eigenvalue weighted by Gasteiger charge is -2.39. The van der Waals surface area contributed by atoms with E-state index in [2.05, 4.69) is 17.2 Å². The number of nitrogens with one attached hydrogen (secondary N) is 1. The standard InChI is InChI=1S/C11H23N3O2/c1-4-5-10(11(15)13-12)14-6-8(2)16-9(3)7-14/h8-10H,4-7,12H2,1-3H3,(H,13,15)/t8-,9-,10-/m1/s1. The molecule has 1 rings (SSSR count). The molecule has 0 unspecified atom stereocenters. The topological polar surface area (TPSA) is 67.6 Å². The summed E-state index contributed by atoms with van der Waals surface area (Å²) in [5.74, 6) is 5.13. The maximum atomic E-state index is 11.7. The van der Waals surface area contributed by atoms with Crippen molar-refractivity contribution in [3.63, 3.8) is 0 Å². The number of rotatable bonds is 4. The first-order valence-electron chi connectivity index (χ1n) is 5.98. The molecule has 1 fully saturated rings. The van der Waals surface area contributed by atoms with Gasteiger partial charge in [-0.1, -0.05) is 13.3 Å². The molecule has 1 aliphatic heterocycles. The first kappa shape index (κ1) is 13.4. The zero-order valence-corrected chi connectivity index (χ0v) is 10.4. The molecular formula is C11H23N3O2. The van der Waals surface area contributed by atoms with Crippen LogP contribution in [-0.2, 0) is 9.53 Å². The van der Waals surface area contributed by atoms with Gasteiger partial charge in [0.25, 0.3) is 5.91 Å². The minimum Gasteiger partial charge on any atom is -0.373 e. The van der Waals surface area contributed by atoms with Crippen LogP contribution in [-0.4, -0.2) is 42.1 Å². The van der Waals surface area contributed by atoms with E-state index in [4.69, 9.17) is 10.6 Å². The van der Waals surface area contributed by atoms with Gasteiger partial charge in [-0.25, -0.2) is 5.84 Å². The van der Waals surface area contributed by atoms with Crippen molar-refractivity contribution in [2.45, 2.75) is 51.9 Å². The number of carbonyl (C=O) groups excluding carboxylic acids is 1. The average molecular weight is 229 g/mol. The lowest BCUT2D eigenvalue weighted by atomic mass is 10.1. The number of hydrogen-bond donors (Lipinski definition) is 2. The van der Waals surface area contributed by atoms with E-state index in [1.54, 1.807) is 0 Å². The SMILES string of the molecule is CCC[C@H](C(=O)NN)N1C[C@@H](C)O[C@H](C)C1. The quantitative estimate of drug-likeness (QED) is 0.412. The molecule has 3 N–H and O–H groups in total. The smallest absolute Gasteiger partial charge is 0.251 e. The van der Waals surface area contributed by atoms with Gasteiger partial charge in [-0.05, 0) is 20.3 Å². The van der Waals surface area contributed by atoms with E-state index < -0.39 is 0 Å². The number of ether oxygens (including phenoxy) is 1. The van der Waals surface area contributed by atoms with Crippen molar-refractivity contribution in [2.75, 3.05) is 13.1 Å². The second-order valence-corrected chi connectivity index (χ2v) is 4.52. The van der Waals surface area contributed by atoms with Crippen molar-refractivity contribution >= 4 is 5.91 Å². The Morgan fingerprint density at radius 2 is 2.06 bits per heavy atom. The van der Waals surface area contributed by atoms with Crippen molar-refractivity contribution in [2.24, 2.45) is 5.84 Å². The Morgan fingerprint density at radius 1 is 1.50 bits per heavy atom. The van der Waals surface area contributed by atoms with Crippen molar-refractivity contribution in [1.82, 2.24) is 10.3 Å². The van der Waals surface area contributed by atoms with Crippen LogP contribution in [0.1, 0.15) is 33.6 Å². The van der Waals surface area contributed by atoms with Gasteiger partial charge >= 0.3 is 0 Å². The highest BCUT2D eigenvalue weighted by Crippen LogP contribution is 2.16. The fourth-order valence-electron chi connectivity index (χ4n) is 2.32. The summed E-state index contributed by atoms with van der Waals surface area (Å²) in [5, 5.41) is 0. The summed E-state index contributed by atoms with van der Waals surface area (Å²) >= 11 is 0. The number of nitrogens with zero attached hydrogens (tertiary/aromatic N) is 1. The van der Waals surface area contributed by atoms with Crippen LogP contribution in [0.3, 0.4) is 0 Å². The number of hydrazine groups is 1. The fraction of sp³-hybridized carbons (Fsp3) is 0.909. The monoisotopic (exact) mass is 229 g/mol. The second kappa shape index (κ2) is 6.18. The van der Waals surface area contributed by atoms with Gasteiger partial charge in [0.2, 0.25) is 0 Å². The number of hydrogen-bond acceptors (Lipinski definition) is 4. The Balaban J connectivity index is 2.65. The Morgan fingerprint density at radius 3 is 2.50 bits per heavy atom. The lowest BCUT2D eigenvalue weighted by Crippen LogP contribution is -2.56. The maximum absolute atomic E-state index is 11.7. The predicted molar refractivity (Wildman–Crippen MR) is 62.6 cm³/mol. The van der Waals surface area contributed by atoms with Crippen LogP contribution < -0.4 is 11.3 Å². The second-order valence-electron chi connectivity index (χ2n) is 4.52. The van der Waals surface area contributed by atoms with Gasteiger partial charge < -0.3 is 4.74 Å². The third-order valence-corrected chi connectivity index (χ3v) is 2.90. The Bertz CT molecular complexity index is 225. The summed E-state index contributed by atoms with van der Waals surface area (Å²) < 4.78 is 5.65. The molecule has 1 heterocycles. The Labute approximate surface area is 97.3 Å². The largest absolute Gasteiger partial charge is 0.373 e. The predicted octanol–water partition coefficient (Wildman–Crippen LogP) is 0.254. The molecule has 3 atom stereocenters. The fourth-order valence-corrected chi connectivity index (χ4v) is 2.32. The number of amides is 1. The van der Waals surface area contributed by atoms with Crippen molar-refractivity contribution in [3.8, 4) is 0 Å². The van der Waals surface area contributed by atoms with Crippen LogP contribution in [0.15, 0.2) is 0 Å². The zero-order valence-electron chi connectivity index (χ0n) is 10.4. The van der Waals surface area contributed by atoms with E-state index in [1.807, 2.05) is 13.8 Å². The van der Waals surface area contributed by atoms with E-state index in [0.29, 0.717) is 0 Å². The van der Waals surface area contributed by atoms with E-state index in [1.165, 1.54) is 0 Å². The Hall–Kier alpha value is -0.650. The van der Waals surface area contributed by atoms with E-state index in [-0.39, 0.29) is 24.2 Å². The van der Waals surface area contributed by atoms with Crippen LogP contribution in [0.5, 0.6) is 0 Å². The van der Waals surface area contributed by atoms with Crippen LogP contribution in [0.25, 0.3) is 0 Å². The van der Waals surface area contributed by atoms with E-state index in [9.17, 15) is 4.79 Å². The van der Waals surface area contributed by atoms with Gasteiger partial charge in [-0.3, -0.25) is 15.1 Å². The number of morpholine rings is 1. The molecule has 1 amide bonds. The highest BCUT2D eigenvalue weighted by atomic mass is 16.5. The van der Waals surface area contributed by atoms with Crippen LogP contribution in [0.4, 0.5) is 0 Å². The molecule has 0 aromatic heterocycles. The molecule has 0 aliphatic carbocycles. The van der Waals surface area contributed by atoms with E-state index in [0.717, 1.165) is 25.9 Å². The van der Waals surface area contributed by atoms with E-state index >= 15 is 0 Å². The first-order valence-corrected chi connectivity index (χ1v) is 5.98. The molecule has 0 radical (unpaired) electrons. The minimum atomic E-state index is -0.121. The van der Waals surface area contributed by atoms with Crippen LogP contribution >= 0.6 is 0 Å². The van der Waals surface area contributed by atoms with Crippen molar-refractivity contribution in [3.05, 3.63) is 0 Å². The van der Waals surface area contributed by atoms with Gasteiger partial charge in [-0.15, -0.1) is 0 Å². The molecule has 16 heavy (non-hydrogen) atoms. The van der Waals surface area contributed by atoms with Crippen LogP contribution in [0.2, 0.25) is 0 Å². The summed E-state index contributed by atoms with van der Waals surface area (Å²) in [6, 6.07) is -0.121.